The van der Waals surface area contributed by atoms with Crippen LogP contribution in [0.3, 0.4) is 0 Å². The predicted molar refractivity (Wildman–Crippen MR) is 68.6 cm³/mol. The molecule has 0 unspecified atom stereocenters. The van der Waals surface area contributed by atoms with Crippen LogP contribution in [0, 0.1) is 0 Å². The SMILES string of the molecule is O=C(Cc1ccc(OC(F)F)cc1)N1CCC[C@@H]1CO. The third-order valence-corrected chi connectivity index (χ3v) is 3.41. The van der Waals surface area contributed by atoms with E-state index in [1.54, 1.807) is 17.0 Å². The number of alkyl halides is 2. The van der Waals surface area contributed by atoms with Crippen molar-refractivity contribution < 1.29 is 23.4 Å². The zero-order valence-corrected chi connectivity index (χ0v) is 11.0. The molecule has 4 nitrogen and oxygen atoms in total. The summed E-state index contributed by atoms with van der Waals surface area (Å²) in [6, 6.07) is 5.94. The highest BCUT2D eigenvalue weighted by atomic mass is 19.3. The maximum Gasteiger partial charge on any atom is 0.387 e. The van der Waals surface area contributed by atoms with E-state index in [1.807, 2.05) is 0 Å². The zero-order chi connectivity index (χ0) is 14.5. The Balaban J connectivity index is 1.94. The molecule has 0 saturated carbocycles. The van der Waals surface area contributed by atoms with Crippen molar-refractivity contribution in [3.05, 3.63) is 29.8 Å². The first-order valence-corrected chi connectivity index (χ1v) is 6.54. The van der Waals surface area contributed by atoms with Crippen molar-refractivity contribution in [3.63, 3.8) is 0 Å². The summed E-state index contributed by atoms with van der Waals surface area (Å²) < 4.78 is 28.3. The lowest BCUT2D eigenvalue weighted by atomic mass is 10.1. The second-order valence-corrected chi connectivity index (χ2v) is 4.76. The van der Waals surface area contributed by atoms with Gasteiger partial charge in [0.15, 0.2) is 0 Å². The first kappa shape index (κ1) is 14.7. The number of ether oxygens (including phenoxy) is 1. The number of amides is 1. The highest BCUT2D eigenvalue weighted by molar-refractivity contribution is 5.79. The van der Waals surface area contributed by atoms with Gasteiger partial charge in [-0.15, -0.1) is 0 Å². The summed E-state index contributed by atoms with van der Waals surface area (Å²) >= 11 is 0. The molecule has 1 aliphatic rings. The maximum atomic E-state index is 12.1. The van der Waals surface area contributed by atoms with Gasteiger partial charge in [0.25, 0.3) is 0 Å². The Bertz CT molecular complexity index is 450. The number of nitrogens with zero attached hydrogens (tertiary/aromatic N) is 1. The van der Waals surface area contributed by atoms with Gasteiger partial charge in [0.1, 0.15) is 5.75 Å². The quantitative estimate of drug-likeness (QED) is 0.897. The van der Waals surface area contributed by atoms with Crippen LogP contribution in [0.5, 0.6) is 5.75 Å². The summed E-state index contributed by atoms with van der Waals surface area (Å²) in [4.78, 5) is 13.8. The minimum atomic E-state index is -2.85. The molecule has 0 spiro atoms. The molecule has 20 heavy (non-hydrogen) atoms. The van der Waals surface area contributed by atoms with Crippen LogP contribution in [-0.2, 0) is 11.2 Å². The van der Waals surface area contributed by atoms with Gasteiger partial charge in [-0.1, -0.05) is 12.1 Å². The van der Waals surface area contributed by atoms with Gasteiger partial charge in [0.05, 0.1) is 19.1 Å². The molecule has 1 aliphatic heterocycles. The van der Waals surface area contributed by atoms with E-state index in [-0.39, 0.29) is 30.7 Å². The van der Waals surface area contributed by atoms with Crippen LogP contribution in [0.25, 0.3) is 0 Å². The van der Waals surface area contributed by atoms with Crippen LogP contribution < -0.4 is 4.74 Å². The molecule has 1 saturated heterocycles. The molecular weight excluding hydrogens is 268 g/mol. The Morgan fingerprint density at radius 1 is 1.40 bits per heavy atom. The Kier molecular flexibility index (Phi) is 4.89. The topological polar surface area (TPSA) is 49.8 Å². The number of halogens is 2. The average molecular weight is 285 g/mol. The van der Waals surface area contributed by atoms with E-state index >= 15 is 0 Å². The van der Waals surface area contributed by atoms with Crippen molar-refractivity contribution >= 4 is 5.91 Å². The second kappa shape index (κ2) is 6.65. The number of benzene rings is 1. The normalized spacial score (nSPS) is 18.6. The Labute approximate surface area is 116 Å². The number of hydrogen-bond donors (Lipinski definition) is 1. The summed E-state index contributed by atoms with van der Waals surface area (Å²) in [5, 5.41) is 9.19. The van der Waals surface area contributed by atoms with Crippen molar-refractivity contribution in [2.45, 2.75) is 31.9 Å². The fourth-order valence-electron chi connectivity index (χ4n) is 2.42. The molecule has 2 rings (SSSR count). The van der Waals surface area contributed by atoms with Gasteiger partial charge in [-0.3, -0.25) is 4.79 Å². The number of aliphatic hydroxyl groups excluding tert-OH is 1. The molecule has 0 aromatic heterocycles. The molecule has 1 fully saturated rings. The van der Waals surface area contributed by atoms with Crippen LogP contribution in [0.1, 0.15) is 18.4 Å². The number of hydrogen-bond acceptors (Lipinski definition) is 3. The van der Waals surface area contributed by atoms with Crippen LogP contribution >= 0.6 is 0 Å². The maximum absolute atomic E-state index is 12.1. The van der Waals surface area contributed by atoms with Gasteiger partial charge < -0.3 is 14.7 Å². The monoisotopic (exact) mass is 285 g/mol. The standard InChI is InChI=1S/C14H17F2NO3/c15-14(16)20-12-5-3-10(4-6-12)8-13(19)17-7-1-2-11(17)9-18/h3-6,11,14,18H,1-2,7-9H2/t11-/m1/s1. The zero-order valence-electron chi connectivity index (χ0n) is 11.0. The lowest BCUT2D eigenvalue weighted by molar-refractivity contribution is -0.132. The van der Waals surface area contributed by atoms with E-state index in [4.69, 9.17) is 0 Å². The number of aliphatic hydroxyl groups is 1. The summed E-state index contributed by atoms with van der Waals surface area (Å²) in [5.74, 6) is 0.0229. The minimum absolute atomic E-state index is 0.0209. The molecule has 1 heterocycles. The average Bonchev–Trinajstić information content (AvgIpc) is 2.89. The fourth-order valence-corrected chi connectivity index (χ4v) is 2.42. The molecule has 1 N–H and O–H groups in total. The third kappa shape index (κ3) is 3.66. The molecule has 1 aromatic rings. The predicted octanol–water partition coefficient (Wildman–Crippen LogP) is 1.81. The number of rotatable bonds is 5. The largest absolute Gasteiger partial charge is 0.435 e. The Hall–Kier alpha value is -1.69. The minimum Gasteiger partial charge on any atom is -0.435 e. The molecule has 6 heteroatoms. The van der Waals surface area contributed by atoms with Gasteiger partial charge in [0, 0.05) is 6.54 Å². The Morgan fingerprint density at radius 2 is 2.10 bits per heavy atom. The van der Waals surface area contributed by atoms with E-state index < -0.39 is 6.61 Å². The third-order valence-electron chi connectivity index (χ3n) is 3.41. The lowest BCUT2D eigenvalue weighted by Gasteiger charge is -2.23. The van der Waals surface area contributed by atoms with Gasteiger partial charge in [0.2, 0.25) is 5.91 Å². The lowest BCUT2D eigenvalue weighted by Crippen LogP contribution is -2.38. The summed E-state index contributed by atoms with van der Waals surface area (Å²) in [7, 11) is 0. The van der Waals surface area contributed by atoms with E-state index in [0.29, 0.717) is 6.54 Å². The van der Waals surface area contributed by atoms with Gasteiger partial charge in [-0.05, 0) is 30.5 Å². The number of likely N-dealkylation sites (tertiary alicyclic amines) is 1. The highest BCUT2D eigenvalue weighted by Gasteiger charge is 2.27. The molecule has 1 aromatic carbocycles. The first-order chi connectivity index (χ1) is 9.60. The van der Waals surface area contributed by atoms with E-state index in [0.717, 1.165) is 18.4 Å². The van der Waals surface area contributed by atoms with Crippen LogP contribution in [-0.4, -0.2) is 41.7 Å². The van der Waals surface area contributed by atoms with Crippen LogP contribution in [0.4, 0.5) is 8.78 Å². The summed E-state index contributed by atoms with van der Waals surface area (Å²) in [6.45, 7) is -2.21. The van der Waals surface area contributed by atoms with Crippen molar-refractivity contribution in [2.24, 2.45) is 0 Å². The molecule has 0 aliphatic carbocycles. The van der Waals surface area contributed by atoms with Crippen molar-refractivity contribution in [1.82, 2.24) is 4.90 Å². The molecule has 110 valence electrons. The molecular formula is C14H17F2NO3. The molecule has 1 atom stereocenters. The van der Waals surface area contributed by atoms with E-state index in [9.17, 15) is 18.7 Å². The molecule has 1 amide bonds. The van der Waals surface area contributed by atoms with Gasteiger partial charge >= 0.3 is 6.61 Å². The van der Waals surface area contributed by atoms with Crippen LogP contribution in [0.2, 0.25) is 0 Å². The summed E-state index contributed by atoms with van der Waals surface area (Å²) in [5.41, 5.74) is 0.736. The van der Waals surface area contributed by atoms with Gasteiger partial charge in [-0.2, -0.15) is 8.78 Å². The van der Waals surface area contributed by atoms with E-state index in [2.05, 4.69) is 4.74 Å². The Morgan fingerprint density at radius 3 is 2.70 bits per heavy atom. The fraction of sp³-hybridized carbons (Fsp3) is 0.500. The first-order valence-electron chi connectivity index (χ1n) is 6.54. The highest BCUT2D eigenvalue weighted by Crippen LogP contribution is 2.19. The van der Waals surface area contributed by atoms with Crippen molar-refractivity contribution in [1.29, 1.82) is 0 Å². The number of carbonyl (C=O) groups is 1. The van der Waals surface area contributed by atoms with Gasteiger partial charge in [-0.25, -0.2) is 0 Å². The molecule has 0 bridgehead atoms. The second-order valence-electron chi connectivity index (χ2n) is 4.76. The smallest absolute Gasteiger partial charge is 0.387 e. The van der Waals surface area contributed by atoms with E-state index in [1.165, 1.54) is 12.1 Å². The van der Waals surface area contributed by atoms with Crippen molar-refractivity contribution in [2.75, 3.05) is 13.2 Å². The number of carbonyl (C=O) groups excluding carboxylic acids is 1. The van der Waals surface area contributed by atoms with Crippen LogP contribution in [0.15, 0.2) is 24.3 Å². The summed E-state index contributed by atoms with van der Waals surface area (Å²) in [6.07, 6.45) is 1.92. The molecule has 0 radical (unpaired) electrons. The van der Waals surface area contributed by atoms with Crippen molar-refractivity contribution in [3.8, 4) is 5.75 Å².